The van der Waals surface area contributed by atoms with E-state index < -0.39 is 11.5 Å². The van der Waals surface area contributed by atoms with E-state index in [-0.39, 0.29) is 12.5 Å². The van der Waals surface area contributed by atoms with Gasteiger partial charge in [0.1, 0.15) is 0 Å². The average molecular weight is 222 g/mol. The van der Waals surface area contributed by atoms with Crippen LogP contribution in [0.1, 0.15) is 32.4 Å². The molecule has 0 bridgehead atoms. The lowest BCUT2D eigenvalue weighted by atomic mass is 9.95. The monoisotopic (exact) mass is 222 g/mol. The van der Waals surface area contributed by atoms with Crippen LogP contribution in [0.4, 0.5) is 0 Å². The number of nitrogens with one attached hydrogen (secondary N) is 1. The Morgan fingerprint density at radius 2 is 2.00 bits per heavy atom. The Morgan fingerprint density at radius 1 is 1.44 bits per heavy atom. The molecule has 0 radical (unpaired) electrons. The number of amides is 1. The van der Waals surface area contributed by atoms with E-state index in [1.54, 1.807) is 24.5 Å². The Balaban J connectivity index is 2.48. The predicted octanol–water partition coefficient (Wildman–Crippen LogP) is 1.28. The molecule has 0 fully saturated rings. The van der Waals surface area contributed by atoms with Crippen molar-refractivity contribution in [1.29, 1.82) is 0 Å². The SMILES string of the molecule is CC(C)(C)C(=O)NCC(O)c1ccncc1. The molecule has 4 nitrogen and oxygen atoms in total. The molecule has 88 valence electrons. The summed E-state index contributed by atoms with van der Waals surface area (Å²) >= 11 is 0. The normalized spacial score (nSPS) is 13.2. The lowest BCUT2D eigenvalue weighted by Crippen LogP contribution is -2.37. The second kappa shape index (κ2) is 5.07. The highest BCUT2D eigenvalue weighted by Crippen LogP contribution is 2.14. The van der Waals surface area contributed by atoms with Crippen molar-refractivity contribution in [2.24, 2.45) is 5.41 Å². The van der Waals surface area contributed by atoms with Gasteiger partial charge in [0.05, 0.1) is 6.10 Å². The maximum absolute atomic E-state index is 11.6. The number of pyridine rings is 1. The van der Waals surface area contributed by atoms with E-state index in [2.05, 4.69) is 10.3 Å². The third-order valence-electron chi connectivity index (χ3n) is 2.23. The minimum absolute atomic E-state index is 0.0689. The van der Waals surface area contributed by atoms with Crippen LogP contribution in [-0.2, 0) is 4.79 Å². The molecule has 16 heavy (non-hydrogen) atoms. The van der Waals surface area contributed by atoms with Crippen LogP contribution in [0, 0.1) is 5.41 Å². The summed E-state index contributed by atoms with van der Waals surface area (Å²) in [6, 6.07) is 3.46. The van der Waals surface area contributed by atoms with Crippen molar-refractivity contribution in [3.05, 3.63) is 30.1 Å². The van der Waals surface area contributed by atoms with Gasteiger partial charge >= 0.3 is 0 Å². The van der Waals surface area contributed by atoms with Crippen LogP contribution in [0.3, 0.4) is 0 Å². The highest BCUT2D eigenvalue weighted by Gasteiger charge is 2.21. The van der Waals surface area contributed by atoms with Gasteiger partial charge in [-0.15, -0.1) is 0 Å². The summed E-state index contributed by atoms with van der Waals surface area (Å²) in [6.45, 7) is 5.73. The standard InChI is InChI=1S/C12H18N2O2/c1-12(2,3)11(16)14-8-10(15)9-4-6-13-7-5-9/h4-7,10,15H,8H2,1-3H3,(H,14,16). The lowest BCUT2D eigenvalue weighted by Gasteiger charge is -2.19. The van der Waals surface area contributed by atoms with Gasteiger partial charge in [-0.25, -0.2) is 0 Å². The Labute approximate surface area is 95.7 Å². The summed E-state index contributed by atoms with van der Waals surface area (Å²) in [5, 5.41) is 12.5. The van der Waals surface area contributed by atoms with Crippen LogP contribution < -0.4 is 5.32 Å². The van der Waals surface area contributed by atoms with E-state index in [0.717, 1.165) is 5.56 Å². The summed E-state index contributed by atoms with van der Waals surface area (Å²) in [7, 11) is 0. The third kappa shape index (κ3) is 3.62. The number of carbonyl (C=O) groups excluding carboxylic acids is 1. The van der Waals surface area contributed by atoms with E-state index in [9.17, 15) is 9.90 Å². The number of nitrogens with zero attached hydrogens (tertiary/aromatic N) is 1. The molecule has 0 aliphatic carbocycles. The molecule has 2 N–H and O–H groups in total. The molecule has 0 aromatic carbocycles. The van der Waals surface area contributed by atoms with Gasteiger partial charge in [0.2, 0.25) is 5.91 Å². The molecule has 1 unspecified atom stereocenters. The first-order valence-electron chi connectivity index (χ1n) is 5.27. The Morgan fingerprint density at radius 3 is 2.50 bits per heavy atom. The fraction of sp³-hybridized carbons (Fsp3) is 0.500. The van der Waals surface area contributed by atoms with Crippen LogP contribution in [-0.4, -0.2) is 22.5 Å². The quantitative estimate of drug-likeness (QED) is 0.809. The van der Waals surface area contributed by atoms with Gasteiger partial charge in [-0.05, 0) is 17.7 Å². The van der Waals surface area contributed by atoms with E-state index in [1.807, 2.05) is 20.8 Å². The van der Waals surface area contributed by atoms with Crippen molar-refractivity contribution in [2.45, 2.75) is 26.9 Å². The molecular weight excluding hydrogens is 204 g/mol. The topological polar surface area (TPSA) is 62.2 Å². The molecule has 0 saturated heterocycles. The largest absolute Gasteiger partial charge is 0.387 e. The molecule has 1 rings (SSSR count). The summed E-state index contributed by atoms with van der Waals surface area (Å²) in [5.41, 5.74) is 0.321. The second-order valence-corrected chi connectivity index (χ2v) is 4.76. The maximum Gasteiger partial charge on any atom is 0.225 e. The predicted molar refractivity (Wildman–Crippen MR) is 61.7 cm³/mol. The number of rotatable bonds is 3. The number of aliphatic hydroxyl groups excluding tert-OH is 1. The van der Waals surface area contributed by atoms with Gasteiger partial charge in [-0.1, -0.05) is 20.8 Å². The maximum atomic E-state index is 11.6. The zero-order valence-corrected chi connectivity index (χ0v) is 9.90. The van der Waals surface area contributed by atoms with Crippen LogP contribution in [0.25, 0.3) is 0 Å². The van der Waals surface area contributed by atoms with Gasteiger partial charge in [0.25, 0.3) is 0 Å². The molecule has 1 aromatic heterocycles. The fourth-order valence-corrected chi connectivity index (χ4v) is 1.16. The van der Waals surface area contributed by atoms with Gasteiger partial charge in [-0.2, -0.15) is 0 Å². The Kier molecular flexibility index (Phi) is 4.01. The minimum atomic E-state index is -0.686. The van der Waals surface area contributed by atoms with Crippen molar-refractivity contribution in [3.8, 4) is 0 Å². The zero-order valence-electron chi connectivity index (χ0n) is 9.90. The zero-order chi connectivity index (χ0) is 12.2. The minimum Gasteiger partial charge on any atom is -0.387 e. The second-order valence-electron chi connectivity index (χ2n) is 4.76. The number of hydrogen-bond donors (Lipinski definition) is 2. The first kappa shape index (κ1) is 12.6. The van der Waals surface area contributed by atoms with Crippen molar-refractivity contribution < 1.29 is 9.90 Å². The molecule has 1 atom stereocenters. The smallest absolute Gasteiger partial charge is 0.225 e. The van der Waals surface area contributed by atoms with Crippen LogP contribution in [0.2, 0.25) is 0 Å². The van der Waals surface area contributed by atoms with Gasteiger partial charge in [-0.3, -0.25) is 9.78 Å². The van der Waals surface area contributed by atoms with E-state index in [4.69, 9.17) is 0 Å². The molecule has 1 heterocycles. The van der Waals surface area contributed by atoms with Crippen molar-refractivity contribution in [3.63, 3.8) is 0 Å². The number of aliphatic hydroxyl groups is 1. The van der Waals surface area contributed by atoms with Crippen molar-refractivity contribution in [2.75, 3.05) is 6.54 Å². The van der Waals surface area contributed by atoms with Crippen LogP contribution in [0.15, 0.2) is 24.5 Å². The number of hydrogen-bond acceptors (Lipinski definition) is 3. The number of aromatic nitrogens is 1. The molecule has 0 saturated carbocycles. The summed E-state index contributed by atoms with van der Waals surface area (Å²) in [6.07, 6.45) is 2.54. The Bertz CT molecular complexity index is 344. The van der Waals surface area contributed by atoms with Crippen LogP contribution >= 0.6 is 0 Å². The third-order valence-corrected chi connectivity index (χ3v) is 2.23. The lowest BCUT2D eigenvalue weighted by molar-refractivity contribution is -0.128. The first-order valence-corrected chi connectivity index (χ1v) is 5.27. The van der Waals surface area contributed by atoms with Crippen LogP contribution in [0.5, 0.6) is 0 Å². The molecular formula is C12H18N2O2. The molecule has 1 amide bonds. The fourth-order valence-electron chi connectivity index (χ4n) is 1.16. The molecule has 0 spiro atoms. The van der Waals surface area contributed by atoms with Gasteiger partial charge in [0, 0.05) is 24.4 Å². The molecule has 4 heteroatoms. The summed E-state index contributed by atoms with van der Waals surface area (Å²) in [4.78, 5) is 15.4. The van der Waals surface area contributed by atoms with Gasteiger partial charge in [0.15, 0.2) is 0 Å². The van der Waals surface area contributed by atoms with E-state index in [0.29, 0.717) is 0 Å². The average Bonchev–Trinajstić information content (AvgIpc) is 2.25. The molecule has 1 aromatic rings. The van der Waals surface area contributed by atoms with Crippen molar-refractivity contribution >= 4 is 5.91 Å². The Hall–Kier alpha value is -1.42. The highest BCUT2D eigenvalue weighted by molar-refractivity contribution is 5.81. The molecule has 0 aliphatic heterocycles. The molecule has 0 aliphatic rings. The number of carbonyl (C=O) groups is 1. The van der Waals surface area contributed by atoms with Crippen molar-refractivity contribution in [1.82, 2.24) is 10.3 Å². The summed E-state index contributed by atoms with van der Waals surface area (Å²) in [5.74, 6) is -0.0689. The first-order chi connectivity index (χ1) is 7.41. The van der Waals surface area contributed by atoms with Gasteiger partial charge < -0.3 is 10.4 Å². The highest BCUT2D eigenvalue weighted by atomic mass is 16.3. The van der Waals surface area contributed by atoms with E-state index in [1.165, 1.54) is 0 Å². The summed E-state index contributed by atoms with van der Waals surface area (Å²) < 4.78 is 0. The van der Waals surface area contributed by atoms with E-state index >= 15 is 0 Å².